The van der Waals surface area contributed by atoms with Crippen molar-refractivity contribution in [1.82, 2.24) is 0 Å². The van der Waals surface area contributed by atoms with E-state index in [0.717, 1.165) is 12.1 Å². The summed E-state index contributed by atoms with van der Waals surface area (Å²) in [5, 5.41) is 0. The number of halogens is 2. The van der Waals surface area contributed by atoms with Crippen LogP contribution in [0.15, 0.2) is 24.3 Å². The van der Waals surface area contributed by atoms with E-state index in [2.05, 4.69) is 4.74 Å². The van der Waals surface area contributed by atoms with E-state index in [1.807, 2.05) is 0 Å². The van der Waals surface area contributed by atoms with Gasteiger partial charge in [0.15, 0.2) is 6.29 Å². The standard InChI is InChI=1S/C14H14F2O3/c1-19-14(18)6-4-2-3-5-10-7-12(15)11(9-17)13(16)8-10/h4,6-9H,2-3,5H2,1H3/b6-4-. The molecule has 3 nitrogen and oxygen atoms in total. The number of unbranched alkanes of at least 4 members (excludes halogenated alkanes) is 1. The van der Waals surface area contributed by atoms with Crippen LogP contribution in [0.2, 0.25) is 0 Å². The van der Waals surface area contributed by atoms with Gasteiger partial charge in [-0.15, -0.1) is 0 Å². The molecule has 0 atom stereocenters. The zero-order valence-corrected chi connectivity index (χ0v) is 10.5. The van der Waals surface area contributed by atoms with Crippen molar-refractivity contribution in [3.8, 4) is 0 Å². The fourth-order valence-electron chi connectivity index (χ4n) is 1.57. The third-order valence-electron chi connectivity index (χ3n) is 2.55. The van der Waals surface area contributed by atoms with E-state index < -0.39 is 23.2 Å². The Morgan fingerprint density at radius 1 is 1.32 bits per heavy atom. The normalized spacial score (nSPS) is 10.7. The van der Waals surface area contributed by atoms with Crippen molar-refractivity contribution in [3.05, 3.63) is 47.0 Å². The number of carbonyl (C=O) groups excluding carboxylic acids is 2. The first-order chi connectivity index (χ1) is 9.08. The van der Waals surface area contributed by atoms with Crippen LogP contribution in [0, 0.1) is 11.6 Å². The van der Waals surface area contributed by atoms with Gasteiger partial charge in [-0.1, -0.05) is 6.08 Å². The van der Waals surface area contributed by atoms with Gasteiger partial charge >= 0.3 is 5.97 Å². The Morgan fingerprint density at radius 2 is 1.95 bits per heavy atom. The number of allylic oxidation sites excluding steroid dienone is 1. The maximum Gasteiger partial charge on any atom is 0.330 e. The smallest absolute Gasteiger partial charge is 0.330 e. The lowest BCUT2D eigenvalue weighted by atomic mass is 10.1. The molecule has 0 unspecified atom stereocenters. The van der Waals surface area contributed by atoms with E-state index in [1.165, 1.54) is 13.2 Å². The molecule has 0 aliphatic heterocycles. The predicted octanol–water partition coefficient (Wildman–Crippen LogP) is 2.83. The number of hydrogen-bond donors (Lipinski definition) is 0. The molecular formula is C14H14F2O3. The molecule has 5 heteroatoms. The lowest BCUT2D eigenvalue weighted by Gasteiger charge is -2.03. The minimum absolute atomic E-state index is 0.160. The highest BCUT2D eigenvalue weighted by molar-refractivity contribution is 5.81. The molecule has 1 rings (SSSR count). The van der Waals surface area contributed by atoms with Crippen molar-refractivity contribution in [1.29, 1.82) is 0 Å². The third kappa shape index (κ3) is 4.62. The fourth-order valence-corrected chi connectivity index (χ4v) is 1.57. The number of hydrogen-bond acceptors (Lipinski definition) is 3. The molecule has 0 aliphatic rings. The number of benzene rings is 1. The number of ether oxygens (including phenoxy) is 1. The molecule has 0 radical (unpaired) electrons. The molecule has 0 aromatic heterocycles. The van der Waals surface area contributed by atoms with Gasteiger partial charge in [0.05, 0.1) is 12.7 Å². The number of methoxy groups -OCH3 is 1. The number of carbonyl (C=O) groups is 2. The maximum absolute atomic E-state index is 13.3. The summed E-state index contributed by atoms with van der Waals surface area (Å²) in [5.41, 5.74) is -0.0681. The average molecular weight is 268 g/mol. The molecular weight excluding hydrogens is 254 g/mol. The first-order valence-electron chi connectivity index (χ1n) is 5.76. The number of rotatable bonds is 6. The highest BCUT2D eigenvalue weighted by Crippen LogP contribution is 2.15. The van der Waals surface area contributed by atoms with Crippen LogP contribution < -0.4 is 0 Å². The molecule has 1 aromatic rings. The van der Waals surface area contributed by atoms with Crippen molar-refractivity contribution >= 4 is 12.3 Å². The van der Waals surface area contributed by atoms with Gasteiger partial charge in [-0.05, 0) is 37.0 Å². The zero-order valence-electron chi connectivity index (χ0n) is 10.5. The van der Waals surface area contributed by atoms with Gasteiger partial charge in [-0.2, -0.15) is 0 Å². The lowest BCUT2D eigenvalue weighted by Crippen LogP contribution is -1.97. The second kappa shape index (κ2) is 7.41. The first kappa shape index (κ1) is 15.0. The Hall–Kier alpha value is -2.04. The van der Waals surface area contributed by atoms with Gasteiger partial charge < -0.3 is 4.74 Å². The van der Waals surface area contributed by atoms with Gasteiger partial charge in [-0.3, -0.25) is 4.79 Å². The van der Waals surface area contributed by atoms with Crippen LogP contribution in [0.5, 0.6) is 0 Å². The molecule has 0 saturated carbocycles. The summed E-state index contributed by atoms with van der Waals surface area (Å²) in [6.45, 7) is 0. The second-order valence-corrected chi connectivity index (χ2v) is 3.91. The van der Waals surface area contributed by atoms with Crippen LogP contribution in [-0.2, 0) is 16.0 Å². The summed E-state index contributed by atoms with van der Waals surface area (Å²) < 4.78 is 31.0. The number of esters is 1. The van der Waals surface area contributed by atoms with Crippen molar-refractivity contribution in [2.45, 2.75) is 19.3 Å². The highest BCUT2D eigenvalue weighted by Gasteiger charge is 2.09. The Balaban J connectivity index is 2.53. The molecule has 1 aromatic carbocycles. The van der Waals surface area contributed by atoms with Gasteiger partial charge in [0.2, 0.25) is 0 Å². The lowest BCUT2D eigenvalue weighted by molar-refractivity contribution is -0.134. The van der Waals surface area contributed by atoms with Gasteiger partial charge in [0, 0.05) is 6.08 Å². The van der Waals surface area contributed by atoms with Crippen molar-refractivity contribution < 1.29 is 23.1 Å². The summed E-state index contributed by atoms with van der Waals surface area (Å²) in [4.78, 5) is 21.2. The van der Waals surface area contributed by atoms with Gasteiger partial charge in [0.1, 0.15) is 11.6 Å². The highest BCUT2D eigenvalue weighted by atomic mass is 19.1. The van der Waals surface area contributed by atoms with Crippen molar-refractivity contribution in [2.75, 3.05) is 7.11 Å². The summed E-state index contributed by atoms with van der Waals surface area (Å²) in [5.74, 6) is -2.14. The third-order valence-corrected chi connectivity index (χ3v) is 2.55. The summed E-state index contributed by atoms with van der Waals surface area (Å²) in [6, 6.07) is 2.30. The maximum atomic E-state index is 13.3. The molecule has 0 heterocycles. The van der Waals surface area contributed by atoms with Gasteiger partial charge in [-0.25, -0.2) is 13.6 Å². The van der Waals surface area contributed by atoms with Crippen molar-refractivity contribution in [3.63, 3.8) is 0 Å². The Morgan fingerprint density at radius 3 is 2.47 bits per heavy atom. The molecule has 0 fully saturated rings. The topological polar surface area (TPSA) is 43.4 Å². The number of aldehydes is 1. The molecule has 102 valence electrons. The van der Waals surface area contributed by atoms with Crippen LogP contribution >= 0.6 is 0 Å². The number of aryl methyl sites for hydroxylation is 1. The van der Waals surface area contributed by atoms with Crippen LogP contribution in [-0.4, -0.2) is 19.4 Å². The van der Waals surface area contributed by atoms with E-state index in [4.69, 9.17) is 0 Å². The minimum Gasteiger partial charge on any atom is -0.466 e. The quantitative estimate of drug-likeness (QED) is 0.345. The molecule has 0 bridgehead atoms. The SMILES string of the molecule is COC(=O)/C=C\CCCc1cc(F)c(C=O)c(F)c1. The zero-order chi connectivity index (χ0) is 14.3. The molecule has 0 aliphatic carbocycles. The first-order valence-corrected chi connectivity index (χ1v) is 5.76. The van der Waals surface area contributed by atoms with E-state index in [1.54, 1.807) is 6.08 Å². The van der Waals surface area contributed by atoms with Gasteiger partial charge in [0.25, 0.3) is 0 Å². The fraction of sp³-hybridized carbons (Fsp3) is 0.286. The Kier molecular flexibility index (Phi) is 5.85. The van der Waals surface area contributed by atoms with Crippen LogP contribution in [0.1, 0.15) is 28.8 Å². The molecule has 0 amide bonds. The minimum atomic E-state index is -0.852. The van der Waals surface area contributed by atoms with Crippen molar-refractivity contribution in [2.24, 2.45) is 0 Å². The summed E-state index contributed by atoms with van der Waals surface area (Å²) in [7, 11) is 1.28. The Bertz CT molecular complexity index is 472. The van der Waals surface area contributed by atoms with Crippen LogP contribution in [0.25, 0.3) is 0 Å². The van der Waals surface area contributed by atoms with E-state index in [0.29, 0.717) is 24.8 Å². The molecule has 0 saturated heterocycles. The largest absolute Gasteiger partial charge is 0.466 e. The molecule has 0 spiro atoms. The molecule has 0 N–H and O–H groups in total. The van der Waals surface area contributed by atoms with Crippen LogP contribution in [0.3, 0.4) is 0 Å². The molecule has 19 heavy (non-hydrogen) atoms. The van der Waals surface area contributed by atoms with E-state index in [-0.39, 0.29) is 6.29 Å². The predicted molar refractivity (Wildman–Crippen MR) is 65.8 cm³/mol. The average Bonchev–Trinajstić information content (AvgIpc) is 2.37. The van der Waals surface area contributed by atoms with E-state index in [9.17, 15) is 18.4 Å². The van der Waals surface area contributed by atoms with Crippen LogP contribution in [0.4, 0.5) is 8.78 Å². The second-order valence-electron chi connectivity index (χ2n) is 3.91. The Labute approximate surface area is 109 Å². The summed E-state index contributed by atoms with van der Waals surface area (Å²) in [6.07, 6.45) is 4.78. The monoisotopic (exact) mass is 268 g/mol. The van der Waals surface area contributed by atoms with E-state index >= 15 is 0 Å². The summed E-state index contributed by atoms with van der Waals surface area (Å²) >= 11 is 0.